The van der Waals surface area contributed by atoms with E-state index in [9.17, 15) is 19.3 Å². The second kappa shape index (κ2) is 6.93. The quantitative estimate of drug-likeness (QED) is 0.512. The number of nitrogens with one attached hydrogen (secondary N) is 2. The highest BCUT2D eigenvalue weighted by molar-refractivity contribution is 7.80. The molecule has 2 aromatic carbocycles. The zero-order valence-corrected chi connectivity index (χ0v) is 12.8. The van der Waals surface area contributed by atoms with E-state index in [0.717, 1.165) is 6.07 Å². The number of thiocarbonyl (C=S) groups is 1. The van der Waals surface area contributed by atoms with Gasteiger partial charge in [-0.05, 0) is 37.3 Å². The van der Waals surface area contributed by atoms with Crippen LogP contribution < -0.4 is 10.6 Å². The smallest absolute Gasteiger partial charge is 0.274 e. The average Bonchev–Trinajstić information content (AvgIpc) is 2.49. The van der Waals surface area contributed by atoms with Gasteiger partial charge in [-0.3, -0.25) is 20.2 Å². The van der Waals surface area contributed by atoms with E-state index < -0.39 is 16.6 Å². The summed E-state index contributed by atoms with van der Waals surface area (Å²) in [7, 11) is 0. The van der Waals surface area contributed by atoms with Crippen LogP contribution in [-0.4, -0.2) is 15.9 Å². The Morgan fingerprint density at radius 3 is 2.57 bits per heavy atom. The number of nitro groups is 1. The van der Waals surface area contributed by atoms with Crippen molar-refractivity contribution < 1.29 is 14.1 Å². The van der Waals surface area contributed by atoms with Gasteiger partial charge in [-0.1, -0.05) is 18.2 Å². The third-order valence-electron chi connectivity index (χ3n) is 3.10. The fraction of sp³-hybridized carbons (Fsp3) is 0.0667. The predicted molar refractivity (Wildman–Crippen MR) is 87.9 cm³/mol. The van der Waals surface area contributed by atoms with Crippen LogP contribution >= 0.6 is 12.2 Å². The largest absolute Gasteiger partial charge is 0.332 e. The van der Waals surface area contributed by atoms with Crippen LogP contribution in [0.2, 0.25) is 0 Å². The first-order valence-corrected chi connectivity index (χ1v) is 6.92. The van der Waals surface area contributed by atoms with Crippen LogP contribution in [-0.2, 0) is 0 Å². The maximum Gasteiger partial charge on any atom is 0.274 e. The summed E-state index contributed by atoms with van der Waals surface area (Å²) < 4.78 is 13.5. The first kappa shape index (κ1) is 16.5. The van der Waals surface area contributed by atoms with Crippen molar-refractivity contribution in [2.45, 2.75) is 6.92 Å². The highest BCUT2D eigenvalue weighted by Crippen LogP contribution is 2.24. The Bertz CT molecular complexity index is 795. The highest BCUT2D eigenvalue weighted by Gasteiger charge is 2.16. The molecule has 0 unspecified atom stereocenters. The van der Waals surface area contributed by atoms with Gasteiger partial charge < -0.3 is 5.32 Å². The summed E-state index contributed by atoms with van der Waals surface area (Å²) >= 11 is 4.99. The normalized spacial score (nSPS) is 10.0. The number of nitrogens with zero attached hydrogens (tertiary/aromatic N) is 1. The van der Waals surface area contributed by atoms with Crippen molar-refractivity contribution in [3.63, 3.8) is 0 Å². The molecule has 0 aliphatic heterocycles. The summed E-state index contributed by atoms with van der Waals surface area (Å²) in [6.07, 6.45) is 0. The number of nitro benzene ring substituents is 1. The van der Waals surface area contributed by atoms with Crippen LogP contribution in [0.25, 0.3) is 0 Å². The molecule has 0 atom stereocenters. The minimum atomic E-state index is -0.705. The average molecular weight is 333 g/mol. The molecule has 0 saturated heterocycles. The van der Waals surface area contributed by atoms with E-state index in [0.29, 0.717) is 11.3 Å². The van der Waals surface area contributed by atoms with Gasteiger partial charge in [0.2, 0.25) is 0 Å². The van der Waals surface area contributed by atoms with Gasteiger partial charge in [-0.25, -0.2) is 4.39 Å². The molecule has 2 aromatic rings. The topological polar surface area (TPSA) is 84.3 Å². The van der Waals surface area contributed by atoms with E-state index in [2.05, 4.69) is 10.6 Å². The zero-order chi connectivity index (χ0) is 17.0. The van der Waals surface area contributed by atoms with Crippen molar-refractivity contribution in [3.05, 3.63) is 69.5 Å². The lowest BCUT2D eigenvalue weighted by Gasteiger charge is -2.12. The summed E-state index contributed by atoms with van der Waals surface area (Å²) in [6.45, 7) is 1.56. The van der Waals surface area contributed by atoms with Crippen LogP contribution in [0.5, 0.6) is 0 Å². The standard InChI is InChI=1S/C15H12FN3O3S/c1-9-12(7-4-8-13(9)19(21)22)17-15(23)18-14(20)10-5-2-3-6-11(10)16/h2-8H,1H3,(H2,17,18,20,23). The Morgan fingerprint density at radius 2 is 1.91 bits per heavy atom. The number of carbonyl (C=O) groups is 1. The van der Waals surface area contributed by atoms with Gasteiger partial charge in [0.15, 0.2) is 5.11 Å². The van der Waals surface area contributed by atoms with Crippen LogP contribution in [0.1, 0.15) is 15.9 Å². The SMILES string of the molecule is Cc1c(NC(=S)NC(=O)c2ccccc2F)cccc1[N+](=O)[O-]. The second-order valence-corrected chi connectivity index (χ2v) is 5.00. The van der Waals surface area contributed by atoms with Crippen molar-refractivity contribution in [2.75, 3.05) is 5.32 Å². The van der Waals surface area contributed by atoms with Crippen LogP contribution in [0.3, 0.4) is 0 Å². The van der Waals surface area contributed by atoms with Gasteiger partial charge in [0.25, 0.3) is 11.6 Å². The van der Waals surface area contributed by atoms with Gasteiger partial charge in [-0.2, -0.15) is 0 Å². The van der Waals surface area contributed by atoms with E-state index >= 15 is 0 Å². The third-order valence-corrected chi connectivity index (χ3v) is 3.30. The van der Waals surface area contributed by atoms with E-state index in [4.69, 9.17) is 12.2 Å². The molecule has 8 heteroatoms. The number of amides is 1. The van der Waals surface area contributed by atoms with Crippen LogP contribution in [0.4, 0.5) is 15.8 Å². The summed E-state index contributed by atoms with van der Waals surface area (Å²) in [5, 5.41) is 15.8. The number of hydrogen-bond donors (Lipinski definition) is 2. The van der Waals surface area contributed by atoms with Crippen molar-refractivity contribution in [1.29, 1.82) is 0 Å². The number of halogens is 1. The van der Waals surface area contributed by atoms with Crippen molar-refractivity contribution in [2.24, 2.45) is 0 Å². The number of benzene rings is 2. The minimum absolute atomic E-state index is 0.0711. The molecule has 0 spiro atoms. The fourth-order valence-electron chi connectivity index (χ4n) is 1.93. The van der Waals surface area contributed by atoms with E-state index in [1.165, 1.54) is 30.3 Å². The van der Waals surface area contributed by atoms with Crippen molar-refractivity contribution in [3.8, 4) is 0 Å². The molecule has 0 heterocycles. The summed E-state index contributed by atoms with van der Waals surface area (Å²) in [6, 6.07) is 9.93. The lowest BCUT2D eigenvalue weighted by atomic mass is 10.1. The lowest BCUT2D eigenvalue weighted by Crippen LogP contribution is -2.34. The van der Waals surface area contributed by atoms with E-state index in [-0.39, 0.29) is 16.4 Å². The molecule has 0 aliphatic carbocycles. The Kier molecular flexibility index (Phi) is 4.97. The Balaban J connectivity index is 2.12. The molecule has 0 fully saturated rings. The molecule has 0 bridgehead atoms. The molecule has 118 valence electrons. The molecule has 2 N–H and O–H groups in total. The molecular formula is C15H12FN3O3S. The molecule has 2 rings (SSSR count). The summed E-state index contributed by atoms with van der Waals surface area (Å²) in [4.78, 5) is 22.3. The maximum atomic E-state index is 13.5. The lowest BCUT2D eigenvalue weighted by molar-refractivity contribution is -0.385. The zero-order valence-electron chi connectivity index (χ0n) is 12.0. The van der Waals surface area contributed by atoms with Gasteiger partial charge in [0.05, 0.1) is 21.7 Å². The van der Waals surface area contributed by atoms with Gasteiger partial charge in [0, 0.05) is 6.07 Å². The number of rotatable bonds is 3. The van der Waals surface area contributed by atoms with E-state index in [1.54, 1.807) is 13.0 Å². The predicted octanol–water partition coefficient (Wildman–Crippen LogP) is 3.17. The minimum Gasteiger partial charge on any atom is -0.332 e. The highest BCUT2D eigenvalue weighted by atomic mass is 32.1. The Morgan fingerprint density at radius 1 is 1.22 bits per heavy atom. The number of anilines is 1. The Labute approximate surface area is 136 Å². The number of carbonyl (C=O) groups excluding carboxylic acids is 1. The van der Waals surface area contributed by atoms with Gasteiger partial charge >= 0.3 is 0 Å². The second-order valence-electron chi connectivity index (χ2n) is 4.59. The first-order chi connectivity index (χ1) is 10.9. The van der Waals surface area contributed by atoms with Gasteiger partial charge in [0.1, 0.15) is 5.82 Å². The van der Waals surface area contributed by atoms with Crippen molar-refractivity contribution >= 4 is 34.6 Å². The maximum absolute atomic E-state index is 13.5. The van der Waals surface area contributed by atoms with Crippen molar-refractivity contribution in [1.82, 2.24) is 5.32 Å². The molecule has 6 nitrogen and oxygen atoms in total. The number of hydrogen-bond acceptors (Lipinski definition) is 4. The van der Waals surface area contributed by atoms with Crippen LogP contribution in [0.15, 0.2) is 42.5 Å². The third kappa shape index (κ3) is 3.86. The van der Waals surface area contributed by atoms with Crippen LogP contribution in [0, 0.1) is 22.9 Å². The molecule has 0 saturated carbocycles. The molecule has 0 aromatic heterocycles. The Hall–Kier alpha value is -2.87. The molecule has 0 radical (unpaired) electrons. The monoisotopic (exact) mass is 333 g/mol. The van der Waals surface area contributed by atoms with E-state index in [1.807, 2.05) is 0 Å². The molecule has 1 amide bonds. The molecule has 0 aliphatic rings. The molecule has 23 heavy (non-hydrogen) atoms. The first-order valence-electron chi connectivity index (χ1n) is 6.51. The van der Waals surface area contributed by atoms with Gasteiger partial charge in [-0.15, -0.1) is 0 Å². The molecular weight excluding hydrogens is 321 g/mol. The summed E-state index contributed by atoms with van der Waals surface area (Å²) in [5.41, 5.74) is 0.545. The fourth-order valence-corrected chi connectivity index (χ4v) is 2.13. The summed E-state index contributed by atoms with van der Waals surface area (Å²) in [5.74, 6) is -1.37.